The first kappa shape index (κ1) is 8.36. The van der Waals surface area contributed by atoms with Crippen LogP contribution in [0, 0.1) is 0 Å². The second kappa shape index (κ2) is 3.02. The molecular formula is C13H10O2. The van der Waals surface area contributed by atoms with Crippen LogP contribution in [0.15, 0.2) is 35.0 Å². The maximum Gasteiger partial charge on any atom is 0.135 e. The first-order valence-electron chi connectivity index (χ1n) is 4.83. The number of hydrogen-bond donors (Lipinski definition) is 0. The largest absolute Gasteiger partial charge is 0.496 e. The molecule has 0 atom stereocenters. The summed E-state index contributed by atoms with van der Waals surface area (Å²) in [6.45, 7) is 0. The van der Waals surface area contributed by atoms with Crippen molar-refractivity contribution in [3.63, 3.8) is 0 Å². The average Bonchev–Trinajstić information content (AvgIpc) is 2.55. The van der Waals surface area contributed by atoms with Gasteiger partial charge in [-0.25, -0.2) is 0 Å². The molecular weight excluding hydrogens is 188 g/mol. The van der Waals surface area contributed by atoms with Gasteiger partial charge in [0.2, 0.25) is 0 Å². The SMILES string of the molecule is COc1ccc2occ3c2c1C=CC=C3. The van der Waals surface area contributed by atoms with Crippen molar-refractivity contribution in [2.24, 2.45) is 0 Å². The van der Waals surface area contributed by atoms with E-state index in [1.165, 1.54) is 0 Å². The second-order valence-electron chi connectivity index (χ2n) is 3.46. The zero-order valence-corrected chi connectivity index (χ0v) is 8.36. The molecule has 1 aliphatic rings. The third kappa shape index (κ3) is 1.11. The fraction of sp³-hybridized carbons (Fsp3) is 0.0769. The molecule has 0 unspecified atom stereocenters. The zero-order chi connectivity index (χ0) is 10.3. The molecule has 1 aliphatic carbocycles. The van der Waals surface area contributed by atoms with E-state index in [4.69, 9.17) is 9.15 Å². The lowest BCUT2D eigenvalue weighted by Crippen LogP contribution is -1.87. The fourth-order valence-electron chi connectivity index (χ4n) is 1.94. The topological polar surface area (TPSA) is 22.4 Å². The van der Waals surface area contributed by atoms with Gasteiger partial charge in [-0.3, -0.25) is 0 Å². The number of rotatable bonds is 1. The zero-order valence-electron chi connectivity index (χ0n) is 8.36. The van der Waals surface area contributed by atoms with E-state index in [9.17, 15) is 0 Å². The summed E-state index contributed by atoms with van der Waals surface area (Å²) < 4.78 is 10.8. The van der Waals surface area contributed by atoms with Gasteiger partial charge in [-0.1, -0.05) is 24.3 Å². The number of allylic oxidation sites excluding steroid dienone is 2. The molecule has 2 aromatic rings. The van der Waals surface area contributed by atoms with Gasteiger partial charge in [0.05, 0.1) is 13.4 Å². The maximum atomic E-state index is 5.48. The van der Waals surface area contributed by atoms with E-state index in [-0.39, 0.29) is 0 Å². The summed E-state index contributed by atoms with van der Waals surface area (Å²) in [5.41, 5.74) is 3.09. The fourth-order valence-corrected chi connectivity index (χ4v) is 1.94. The predicted molar refractivity (Wildman–Crippen MR) is 60.8 cm³/mol. The van der Waals surface area contributed by atoms with Gasteiger partial charge >= 0.3 is 0 Å². The van der Waals surface area contributed by atoms with Gasteiger partial charge in [0, 0.05) is 16.5 Å². The van der Waals surface area contributed by atoms with Crippen molar-refractivity contribution in [2.45, 2.75) is 0 Å². The van der Waals surface area contributed by atoms with Crippen LogP contribution < -0.4 is 4.74 Å². The molecule has 2 nitrogen and oxygen atoms in total. The van der Waals surface area contributed by atoms with Crippen molar-refractivity contribution in [3.8, 4) is 5.75 Å². The van der Waals surface area contributed by atoms with E-state index in [2.05, 4.69) is 0 Å². The van der Waals surface area contributed by atoms with Crippen LogP contribution in [0.25, 0.3) is 23.1 Å². The van der Waals surface area contributed by atoms with Gasteiger partial charge < -0.3 is 9.15 Å². The van der Waals surface area contributed by atoms with Gasteiger partial charge in [0.15, 0.2) is 0 Å². The van der Waals surface area contributed by atoms with Crippen molar-refractivity contribution >= 4 is 23.1 Å². The Morgan fingerprint density at radius 1 is 1.13 bits per heavy atom. The molecule has 0 saturated heterocycles. The molecule has 74 valence electrons. The molecule has 1 aromatic heterocycles. The molecule has 0 saturated carbocycles. The molecule has 1 aromatic carbocycles. The molecule has 0 radical (unpaired) electrons. The molecule has 15 heavy (non-hydrogen) atoms. The van der Waals surface area contributed by atoms with Gasteiger partial charge in [0.1, 0.15) is 11.3 Å². The number of ether oxygens (including phenoxy) is 1. The second-order valence-corrected chi connectivity index (χ2v) is 3.46. The minimum Gasteiger partial charge on any atom is -0.496 e. The smallest absolute Gasteiger partial charge is 0.135 e. The van der Waals surface area contributed by atoms with Crippen LogP contribution in [0.1, 0.15) is 11.1 Å². The van der Waals surface area contributed by atoms with Crippen LogP contribution in [-0.4, -0.2) is 7.11 Å². The Kier molecular flexibility index (Phi) is 1.68. The molecule has 2 heteroatoms. The Bertz CT molecular complexity index is 573. The molecule has 0 N–H and O–H groups in total. The van der Waals surface area contributed by atoms with E-state index in [1.807, 2.05) is 36.4 Å². The lowest BCUT2D eigenvalue weighted by atomic mass is 10.1. The summed E-state index contributed by atoms with van der Waals surface area (Å²) in [5.74, 6) is 0.880. The van der Waals surface area contributed by atoms with Crippen LogP contribution >= 0.6 is 0 Å². The van der Waals surface area contributed by atoms with Crippen molar-refractivity contribution < 1.29 is 9.15 Å². The Labute approximate surface area is 87.5 Å². The van der Waals surface area contributed by atoms with Crippen molar-refractivity contribution in [3.05, 3.63) is 41.7 Å². The Balaban J connectivity index is 2.48. The molecule has 0 fully saturated rings. The minimum atomic E-state index is 0.880. The number of furan rings is 1. The highest BCUT2D eigenvalue weighted by Gasteiger charge is 2.12. The monoisotopic (exact) mass is 198 g/mol. The molecule has 0 spiro atoms. The lowest BCUT2D eigenvalue weighted by molar-refractivity contribution is 0.414. The summed E-state index contributed by atoms with van der Waals surface area (Å²) in [6.07, 6.45) is 9.88. The summed E-state index contributed by atoms with van der Waals surface area (Å²) in [6, 6.07) is 3.87. The summed E-state index contributed by atoms with van der Waals surface area (Å²) in [4.78, 5) is 0. The van der Waals surface area contributed by atoms with E-state index in [1.54, 1.807) is 13.4 Å². The highest BCUT2D eigenvalue weighted by atomic mass is 16.5. The van der Waals surface area contributed by atoms with E-state index < -0.39 is 0 Å². The van der Waals surface area contributed by atoms with Gasteiger partial charge in [0.25, 0.3) is 0 Å². The highest BCUT2D eigenvalue weighted by molar-refractivity contribution is 5.97. The quantitative estimate of drug-likeness (QED) is 0.699. The molecule has 0 bridgehead atoms. The molecule has 0 aliphatic heterocycles. The number of methoxy groups -OCH3 is 1. The van der Waals surface area contributed by atoms with Crippen LogP contribution in [0.4, 0.5) is 0 Å². The average molecular weight is 198 g/mol. The first-order chi connectivity index (χ1) is 7.40. The molecule has 3 rings (SSSR count). The van der Waals surface area contributed by atoms with E-state index in [0.29, 0.717) is 0 Å². The number of hydrogen-bond acceptors (Lipinski definition) is 2. The Morgan fingerprint density at radius 2 is 2.00 bits per heavy atom. The molecule has 0 amide bonds. The predicted octanol–water partition coefficient (Wildman–Crippen LogP) is 3.48. The third-order valence-corrected chi connectivity index (χ3v) is 2.64. The van der Waals surface area contributed by atoms with E-state index in [0.717, 1.165) is 27.8 Å². The maximum absolute atomic E-state index is 5.48. The third-order valence-electron chi connectivity index (χ3n) is 2.64. The van der Waals surface area contributed by atoms with Gasteiger partial charge in [-0.15, -0.1) is 0 Å². The minimum absolute atomic E-state index is 0.880. The highest BCUT2D eigenvalue weighted by Crippen LogP contribution is 2.34. The summed E-state index contributed by atoms with van der Waals surface area (Å²) in [5, 5.41) is 1.12. The summed E-state index contributed by atoms with van der Waals surface area (Å²) >= 11 is 0. The van der Waals surface area contributed by atoms with Crippen LogP contribution in [0.5, 0.6) is 5.75 Å². The number of benzene rings is 1. The normalized spacial score (nSPS) is 13.1. The van der Waals surface area contributed by atoms with Crippen molar-refractivity contribution in [1.29, 1.82) is 0 Å². The summed E-state index contributed by atoms with van der Waals surface area (Å²) in [7, 11) is 1.68. The van der Waals surface area contributed by atoms with Gasteiger partial charge in [-0.05, 0) is 12.1 Å². The Morgan fingerprint density at radius 3 is 2.87 bits per heavy atom. The Hall–Kier alpha value is -1.96. The van der Waals surface area contributed by atoms with Crippen LogP contribution in [0.3, 0.4) is 0 Å². The van der Waals surface area contributed by atoms with Crippen molar-refractivity contribution in [2.75, 3.05) is 7.11 Å². The van der Waals surface area contributed by atoms with E-state index >= 15 is 0 Å². The lowest BCUT2D eigenvalue weighted by Gasteiger charge is -2.05. The first-order valence-corrected chi connectivity index (χ1v) is 4.83. The molecule has 1 heterocycles. The van der Waals surface area contributed by atoms with Crippen LogP contribution in [0.2, 0.25) is 0 Å². The standard InChI is InChI=1S/C13H10O2/c1-14-11-6-7-12-13-9(8-15-12)4-2-3-5-10(11)13/h2-8H,1H3. The van der Waals surface area contributed by atoms with Crippen molar-refractivity contribution in [1.82, 2.24) is 0 Å². The van der Waals surface area contributed by atoms with Gasteiger partial charge in [-0.2, -0.15) is 0 Å². The van der Waals surface area contributed by atoms with Crippen LogP contribution in [-0.2, 0) is 0 Å².